The Morgan fingerprint density at radius 3 is 2.50 bits per heavy atom. The third kappa shape index (κ3) is 4.35. The van der Waals surface area contributed by atoms with Gasteiger partial charge in [-0.2, -0.15) is 0 Å². The summed E-state index contributed by atoms with van der Waals surface area (Å²) in [4.78, 5) is 23.7. The van der Waals surface area contributed by atoms with E-state index in [1.54, 1.807) is 25.1 Å². The van der Waals surface area contributed by atoms with Crippen LogP contribution in [0.1, 0.15) is 34.8 Å². The van der Waals surface area contributed by atoms with Crippen molar-refractivity contribution in [3.63, 3.8) is 0 Å². The minimum absolute atomic E-state index is 0.0147. The Kier molecular flexibility index (Phi) is 5.58. The molecule has 0 aromatic heterocycles. The molecule has 0 unspecified atom stereocenters. The molecule has 3 N–H and O–H groups in total. The molecular formula is C19H22N2O3. The molecule has 0 saturated heterocycles. The summed E-state index contributed by atoms with van der Waals surface area (Å²) in [5, 5.41) is 2.81. The van der Waals surface area contributed by atoms with Crippen LogP contribution in [0.15, 0.2) is 36.4 Å². The number of nitrogen functional groups attached to an aromatic ring is 1. The van der Waals surface area contributed by atoms with Crippen molar-refractivity contribution in [1.29, 1.82) is 0 Å². The number of aryl methyl sites for hydroxylation is 2. The Morgan fingerprint density at radius 2 is 1.88 bits per heavy atom. The number of ether oxygens (including phenoxy) is 1. The van der Waals surface area contributed by atoms with Crippen LogP contribution in [-0.2, 0) is 4.79 Å². The van der Waals surface area contributed by atoms with Crippen molar-refractivity contribution in [2.24, 2.45) is 0 Å². The first kappa shape index (κ1) is 17.5. The first-order valence-electron chi connectivity index (χ1n) is 7.83. The first-order valence-corrected chi connectivity index (χ1v) is 7.83. The van der Waals surface area contributed by atoms with E-state index in [0.717, 1.165) is 16.8 Å². The van der Waals surface area contributed by atoms with E-state index < -0.39 is 0 Å². The molecule has 2 rings (SSSR count). The van der Waals surface area contributed by atoms with E-state index in [-0.39, 0.29) is 18.3 Å². The highest BCUT2D eigenvalue weighted by Crippen LogP contribution is 2.23. The molecule has 5 heteroatoms. The van der Waals surface area contributed by atoms with Crippen LogP contribution in [0.3, 0.4) is 0 Å². The lowest BCUT2D eigenvalue weighted by Gasteiger charge is -2.12. The molecule has 0 saturated carbocycles. The van der Waals surface area contributed by atoms with Gasteiger partial charge < -0.3 is 15.8 Å². The molecule has 1 amide bonds. The fraction of sp³-hybridized carbons (Fsp3) is 0.263. The highest BCUT2D eigenvalue weighted by molar-refractivity contribution is 5.97. The number of anilines is 2. The van der Waals surface area contributed by atoms with Gasteiger partial charge in [0.25, 0.3) is 5.91 Å². The predicted molar refractivity (Wildman–Crippen MR) is 95.5 cm³/mol. The molecule has 0 aliphatic rings. The molecule has 5 nitrogen and oxygen atoms in total. The molecule has 0 aliphatic heterocycles. The lowest BCUT2D eigenvalue weighted by Crippen LogP contribution is -2.21. The lowest BCUT2D eigenvalue weighted by molar-refractivity contribution is -0.118. The molecule has 2 aromatic rings. The second-order valence-corrected chi connectivity index (χ2v) is 5.68. The zero-order valence-electron chi connectivity index (χ0n) is 14.2. The number of Topliss-reactive ketones (excluding diaryl/α,β-unsaturated/α-hetero) is 1. The van der Waals surface area contributed by atoms with Crippen molar-refractivity contribution < 1.29 is 14.3 Å². The van der Waals surface area contributed by atoms with Gasteiger partial charge in [-0.3, -0.25) is 9.59 Å². The fourth-order valence-electron chi connectivity index (χ4n) is 2.34. The maximum Gasteiger partial charge on any atom is 0.262 e. The van der Waals surface area contributed by atoms with Crippen molar-refractivity contribution in [3.8, 4) is 5.75 Å². The Hall–Kier alpha value is -2.82. The zero-order valence-corrected chi connectivity index (χ0v) is 14.2. The zero-order chi connectivity index (χ0) is 17.7. The minimum atomic E-state index is -0.268. The molecule has 0 atom stereocenters. The molecule has 0 radical (unpaired) electrons. The minimum Gasteiger partial charge on any atom is -0.482 e. The maximum absolute atomic E-state index is 12.0. The van der Waals surface area contributed by atoms with Crippen molar-refractivity contribution in [2.75, 3.05) is 17.7 Å². The van der Waals surface area contributed by atoms with Gasteiger partial charge in [-0.05, 0) is 43.7 Å². The second kappa shape index (κ2) is 7.64. The van der Waals surface area contributed by atoms with E-state index >= 15 is 0 Å². The van der Waals surface area contributed by atoms with Gasteiger partial charge in [0.05, 0.1) is 5.69 Å². The summed E-state index contributed by atoms with van der Waals surface area (Å²) in [6, 6.07) is 10.6. The summed E-state index contributed by atoms with van der Waals surface area (Å²) in [5.41, 5.74) is 9.65. The van der Waals surface area contributed by atoms with Crippen LogP contribution in [0, 0.1) is 13.8 Å². The fourth-order valence-corrected chi connectivity index (χ4v) is 2.34. The van der Waals surface area contributed by atoms with Gasteiger partial charge in [0.1, 0.15) is 5.75 Å². The van der Waals surface area contributed by atoms with E-state index in [0.29, 0.717) is 23.4 Å². The van der Waals surface area contributed by atoms with Crippen LogP contribution < -0.4 is 15.8 Å². The summed E-state index contributed by atoms with van der Waals surface area (Å²) in [5.74, 6) is 0.134. The van der Waals surface area contributed by atoms with E-state index in [4.69, 9.17) is 10.5 Å². The quantitative estimate of drug-likeness (QED) is 0.629. The number of nitrogens with one attached hydrogen (secondary N) is 1. The summed E-state index contributed by atoms with van der Waals surface area (Å²) in [6.07, 6.45) is 0.415. The normalized spacial score (nSPS) is 10.3. The monoisotopic (exact) mass is 326 g/mol. The van der Waals surface area contributed by atoms with Gasteiger partial charge in [-0.25, -0.2) is 0 Å². The van der Waals surface area contributed by atoms with Gasteiger partial charge in [-0.15, -0.1) is 0 Å². The number of hydrogen-bond donors (Lipinski definition) is 2. The number of hydrogen-bond acceptors (Lipinski definition) is 4. The average molecular weight is 326 g/mol. The SMILES string of the molecule is CCC(=O)c1ccc(OCC(=O)Nc2ccc(C)cc2C)c(N)c1. The van der Waals surface area contributed by atoms with E-state index in [1.807, 2.05) is 32.0 Å². The number of carbonyl (C=O) groups is 2. The standard InChI is InChI=1S/C19H22N2O3/c1-4-17(22)14-6-8-18(15(20)10-14)24-11-19(23)21-16-7-5-12(2)9-13(16)3/h5-10H,4,11,20H2,1-3H3,(H,21,23). The number of amides is 1. The molecule has 0 bridgehead atoms. The van der Waals surface area contributed by atoms with Crippen LogP contribution >= 0.6 is 0 Å². The number of ketones is 1. The number of nitrogens with two attached hydrogens (primary N) is 1. The van der Waals surface area contributed by atoms with E-state index in [2.05, 4.69) is 5.32 Å². The average Bonchev–Trinajstić information content (AvgIpc) is 2.55. The van der Waals surface area contributed by atoms with Crippen molar-refractivity contribution in [1.82, 2.24) is 0 Å². The molecular weight excluding hydrogens is 304 g/mol. The van der Waals surface area contributed by atoms with Crippen LogP contribution in [0.4, 0.5) is 11.4 Å². The number of rotatable bonds is 6. The highest BCUT2D eigenvalue weighted by Gasteiger charge is 2.10. The highest BCUT2D eigenvalue weighted by atomic mass is 16.5. The van der Waals surface area contributed by atoms with Crippen LogP contribution in [-0.4, -0.2) is 18.3 Å². The Morgan fingerprint density at radius 1 is 1.12 bits per heavy atom. The Balaban J connectivity index is 1.97. The molecule has 0 heterocycles. The molecule has 2 aromatic carbocycles. The van der Waals surface area contributed by atoms with E-state index in [9.17, 15) is 9.59 Å². The molecule has 0 spiro atoms. The molecule has 24 heavy (non-hydrogen) atoms. The third-order valence-corrected chi connectivity index (χ3v) is 3.67. The van der Waals surface area contributed by atoms with Gasteiger partial charge in [-0.1, -0.05) is 24.6 Å². The third-order valence-electron chi connectivity index (χ3n) is 3.67. The van der Waals surface area contributed by atoms with E-state index in [1.165, 1.54) is 0 Å². The van der Waals surface area contributed by atoms with Gasteiger partial charge >= 0.3 is 0 Å². The topological polar surface area (TPSA) is 81.4 Å². The second-order valence-electron chi connectivity index (χ2n) is 5.68. The number of carbonyl (C=O) groups excluding carboxylic acids is 2. The summed E-state index contributed by atoms with van der Waals surface area (Å²) >= 11 is 0. The van der Waals surface area contributed by atoms with Crippen LogP contribution in [0.25, 0.3) is 0 Å². The van der Waals surface area contributed by atoms with Gasteiger partial charge in [0.2, 0.25) is 0 Å². The Bertz CT molecular complexity index is 769. The lowest BCUT2D eigenvalue weighted by atomic mass is 10.1. The maximum atomic E-state index is 12.0. The van der Waals surface area contributed by atoms with Crippen molar-refractivity contribution >= 4 is 23.1 Å². The van der Waals surface area contributed by atoms with Crippen LogP contribution in [0.5, 0.6) is 5.75 Å². The molecule has 0 aliphatic carbocycles. The first-order chi connectivity index (χ1) is 11.4. The van der Waals surface area contributed by atoms with Gasteiger partial charge in [0, 0.05) is 17.7 Å². The smallest absolute Gasteiger partial charge is 0.262 e. The summed E-state index contributed by atoms with van der Waals surface area (Å²) in [7, 11) is 0. The number of benzene rings is 2. The van der Waals surface area contributed by atoms with Crippen LogP contribution in [0.2, 0.25) is 0 Å². The molecule has 0 fully saturated rings. The van der Waals surface area contributed by atoms with Gasteiger partial charge in [0.15, 0.2) is 12.4 Å². The summed E-state index contributed by atoms with van der Waals surface area (Å²) < 4.78 is 5.45. The summed E-state index contributed by atoms with van der Waals surface area (Å²) in [6.45, 7) is 5.57. The Labute approximate surface area is 141 Å². The van der Waals surface area contributed by atoms with Crippen molar-refractivity contribution in [3.05, 3.63) is 53.1 Å². The predicted octanol–water partition coefficient (Wildman–Crippen LogP) is 3.50. The van der Waals surface area contributed by atoms with Crippen molar-refractivity contribution in [2.45, 2.75) is 27.2 Å². The largest absolute Gasteiger partial charge is 0.482 e. The molecule has 126 valence electrons.